The highest BCUT2D eigenvalue weighted by Gasteiger charge is 2.06. The van der Waals surface area contributed by atoms with Crippen molar-refractivity contribution in [3.63, 3.8) is 0 Å². The Labute approximate surface area is 152 Å². The van der Waals surface area contributed by atoms with E-state index < -0.39 is 0 Å². The number of nitrogens with one attached hydrogen (secondary N) is 2. The lowest BCUT2D eigenvalue weighted by Crippen LogP contribution is -2.28. The van der Waals surface area contributed by atoms with Crippen molar-refractivity contribution < 1.29 is 14.3 Å². The van der Waals surface area contributed by atoms with Gasteiger partial charge in [0.2, 0.25) is 11.8 Å². The van der Waals surface area contributed by atoms with Crippen LogP contribution < -0.4 is 15.4 Å². The van der Waals surface area contributed by atoms with Gasteiger partial charge in [0.05, 0.1) is 18.6 Å². The Hall–Kier alpha value is -2.47. The van der Waals surface area contributed by atoms with Gasteiger partial charge >= 0.3 is 0 Å². The molecule has 0 radical (unpaired) electrons. The fraction of sp³-hybridized carbons (Fsp3) is 0.263. The first-order chi connectivity index (χ1) is 12.2. The fourth-order valence-corrected chi connectivity index (χ4v) is 2.79. The minimum Gasteiger partial charge on any atom is -0.497 e. The van der Waals surface area contributed by atoms with Gasteiger partial charge in [0, 0.05) is 12.2 Å². The largest absolute Gasteiger partial charge is 0.497 e. The van der Waals surface area contributed by atoms with E-state index in [-0.39, 0.29) is 23.3 Å². The first kappa shape index (κ1) is 18.9. The van der Waals surface area contributed by atoms with E-state index in [1.807, 2.05) is 54.6 Å². The monoisotopic (exact) mass is 358 g/mol. The molecule has 6 heteroatoms. The molecule has 0 saturated heterocycles. The molecular formula is C19H22N2O3S. The van der Waals surface area contributed by atoms with Crippen LogP contribution in [0.5, 0.6) is 5.75 Å². The Morgan fingerprint density at radius 2 is 1.64 bits per heavy atom. The summed E-state index contributed by atoms with van der Waals surface area (Å²) in [5, 5.41) is 5.65. The number of ether oxygens (including phenoxy) is 1. The molecule has 2 rings (SSSR count). The minimum atomic E-state index is -0.109. The SMILES string of the molecule is COc1ccc(CCNC(=O)CSCC(=O)Nc2ccccc2)cc1. The number of rotatable bonds is 9. The molecule has 0 atom stereocenters. The van der Waals surface area contributed by atoms with Gasteiger partial charge in [-0.1, -0.05) is 30.3 Å². The summed E-state index contributed by atoms with van der Waals surface area (Å²) in [4.78, 5) is 23.6. The van der Waals surface area contributed by atoms with Crippen LogP contribution in [-0.2, 0) is 16.0 Å². The second-order valence-electron chi connectivity index (χ2n) is 5.36. The number of para-hydroxylation sites is 1. The normalized spacial score (nSPS) is 10.1. The predicted molar refractivity (Wildman–Crippen MR) is 102 cm³/mol. The molecule has 0 spiro atoms. The van der Waals surface area contributed by atoms with Gasteiger partial charge in [-0.15, -0.1) is 11.8 Å². The number of benzene rings is 2. The zero-order valence-electron chi connectivity index (χ0n) is 14.2. The van der Waals surface area contributed by atoms with Crippen molar-refractivity contribution in [1.29, 1.82) is 0 Å². The van der Waals surface area contributed by atoms with E-state index in [0.29, 0.717) is 6.54 Å². The second kappa shape index (κ2) is 10.4. The van der Waals surface area contributed by atoms with Crippen molar-refractivity contribution >= 4 is 29.3 Å². The van der Waals surface area contributed by atoms with Gasteiger partial charge in [0.25, 0.3) is 0 Å². The van der Waals surface area contributed by atoms with Gasteiger partial charge in [-0.05, 0) is 36.2 Å². The van der Waals surface area contributed by atoms with Gasteiger partial charge in [-0.25, -0.2) is 0 Å². The molecule has 0 bridgehead atoms. The van der Waals surface area contributed by atoms with Crippen molar-refractivity contribution in [2.75, 3.05) is 30.5 Å². The van der Waals surface area contributed by atoms with Crippen LogP contribution in [0.1, 0.15) is 5.56 Å². The van der Waals surface area contributed by atoms with Crippen LogP contribution in [0.4, 0.5) is 5.69 Å². The third kappa shape index (κ3) is 7.30. The van der Waals surface area contributed by atoms with Crippen molar-refractivity contribution in [1.82, 2.24) is 5.32 Å². The fourth-order valence-electron chi connectivity index (χ4n) is 2.14. The Morgan fingerprint density at radius 3 is 2.32 bits per heavy atom. The molecule has 0 fully saturated rings. The van der Waals surface area contributed by atoms with Crippen LogP contribution >= 0.6 is 11.8 Å². The molecule has 0 heterocycles. The maximum Gasteiger partial charge on any atom is 0.234 e. The zero-order chi connectivity index (χ0) is 17.9. The number of carbonyl (C=O) groups is 2. The van der Waals surface area contributed by atoms with E-state index in [4.69, 9.17) is 4.74 Å². The van der Waals surface area contributed by atoms with E-state index in [0.717, 1.165) is 23.4 Å². The van der Waals surface area contributed by atoms with Gasteiger partial charge in [-0.3, -0.25) is 9.59 Å². The first-order valence-electron chi connectivity index (χ1n) is 7.99. The first-order valence-corrected chi connectivity index (χ1v) is 9.15. The summed E-state index contributed by atoms with van der Waals surface area (Å²) in [7, 11) is 1.63. The lowest BCUT2D eigenvalue weighted by molar-refractivity contribution is -0.118. The van der Waals surface area contributed by atoms with Crippen LogP contribution in [0.15, 0.2) is 54.6 Å². The van der Waals surface area contributed by atoms with Crippen LogP contribution in [-0.4, -0.2) is 37.0 Å². The van der Waals surface area contributed by atoms with E-state index in [1.54, 1.807) is 7.11 Å². The number of hydrogen-bond donors (Lipinski definition) is 2. The molecular weight excluding hydrogens is 336 g/mol. The quantitative estimate of drug-likeness (QED) is 0.723. The number of carbonyl (C=O) groups excluding carboxylic acids is 2. The average molecular weight is 358 g/mol. The molecule has 0 unspecified atom stereocenters. The van der Waals surface area contributed by atoms with E-state index in [1.165, 1.54) is 11.8 Å². The van der Waals surface area contributed by atoms with E-state index in [9.17, 15) is 9.59 Å². The summed E-state index contributed by atoms with van der Waals surface area (Å²) >= 11 is 1.30. The summed E-state index contributed by atoms with van der Waals surface area (Å²) in [5.41, 5.74) is 1.90. The third-order valence-corrected chi connectivity index (χ3v) is 4.35. The highest BCUT2D eigenvalue weighted by atomic mass is 32.2. The summed E-state index contributed by atoms with van der Waals surface area (Å²) < 4.78 is 5.11. The topological polar surface area (TPSA) is 67.4 Å². The number of anilines is 1. The number of thioether (sulfide) groups is 1. The molecule has 0 aliphatic carbocycles. The molecule has 5 nitrogen and oxygen atoms in total. The van der Waals surface area contributed by atoms with Gasteiger partial charge in [-0.2, -0.15) is 0 Å². The maximum absolute atomic E-state index is 11.8. The molecule has 2 N–H and O–H groups in total. The van der Waals surface area contributed by atoms with Crippen LogP contribution in [0.3, 0.4) is 0 Å². The highest BCUT2D eigenvalue weighted by Crippen LogP contribution is 2.11. The Balaban J connectivity index is 1.58. The average Bonchev–Trinajstić information content (AvgIpc) is 2.63. The molecule has 0 aliphatic rings. The zero-order valence-corrected chi connectivity index (χ0v) is 15.0. The van der Waals surface area contributed by atoms with E-state index in [2.05, 4.69) is 10.6 Å². The van der Waals surface area contributed by atoms with Gasteiger partial charge < -0.3 is 15.4 Å². The third-order valence-electron chi connectivity index (χ3n) is 3.42. The lowest BCUT2D eigenvalue weighted by Gasteiger charge is -2.07. The van der Waals surface area contributed by atoms with E-state index >= 15 is 0 Å². The molecule has 2 aromatic rings. The summed E-state index contributed by atoms with van der Waals surface area (Å²) in [6.07, 6.45) is 0.759. The van der Waals surface area contributed by atoms with Crippen molar-refractivity contribution in [3.8, 4) is 5.75 Å². The molecule has 2 amide bonds. The maximum atomic E-state index is 11.8. The lowest BCUT2D eigenvalue weighted by atomic mass is 10.1. The van der Waals surface area contributed by atoms with Crippen molar-refractivity contribution in [2.45, 2.75) is 6.42 Å². The summed E-state index contributed by atoms with van der Waals surface area (Å²) in [6.45, 7) is 0.571. The highest BCUT2D eigenvalue weighted by molar-refractivity contribution is 8.00. The van der Waals surface area contributed by atoms with Crippen LogP contribution in [0, 0.1) is 0 Å². The molecule has 2 aromatic carbocycles. The second-order valence-corrected chi connectivity index (χ2v) is 6.34. The summed E-state index contributed by atoms with van der Waals surface area (Å²) in [6, 6.07) is 17.0. The smallest absolute Gasteiger partial charge is 0.234 e. The molecule has 0 aromatic heterocycles. The molecule has 0 saturated carbocycles. The van der Waals surface area contributed by atoms with Gasteiger partial charge in [0.15, 0.2) is 0 Å². The standard InChI is InChI=1S/C19H22N2O3S/c1-24-17-9-7-15(8-10-17)11-12-20-18(22)13-25-14-19(23)21-16-5-3-2-4-6-16/h2-10H,11-14H2,1H3,(H,20,22)(H,21,23). The van der Waals surface area contributed by atoms with Gasteiger partial charge in [0.1, 0.15) is 5.75 Å². The van der Waals surface area contributed by atoms with Crippen LogP contribution in [0.2, 0.25) is 0 Å². The van der Waals surface area contributed by atoms with Crippen molar-refractivity contribution in [2.24, 2.45) is 0 Å². The Kier molecular flexibility index (Phi) is 7.85. The molecule has 0 aliphatic heterocycles. The number of amides is 2. The number of methoxy groups -OCH3 is 1. The minimum absolute atomic E-state index is 0.0639. The molecule has 132 valence electrons. The summed E-state index contributed by atoms with van der Waals surface area (Å²) in [5.74, 6) is 1.16. The molecule has 25 heavy (non-hydrogen) atoms. The van der Waals surface area contributed by atoms with Crippen molar-refractivity contribution in [3.05, 3.63) is 60.2 Å². The Bertz CT molecular complexity index is 675. The van der Waals surface area contributed by atoms with Crippen LogP contribution in [0.25, 0.3) is 0 Å². The predicted octanol–water partition coefficient (Wildman–Crippen LogP) is 2.73. The Morgan fingerprint density at radius 1 is 0.960 bits per heavy atom. The number of hydrogen-bond acceptors (Lipinski definition) is 4.